The maximum Gasteiger partial charge on any atom is 0.226 e. The van der Waals surface area contributed by atoms with Crippen molar-refractivity contribution in [2.24, 2.45) is 0 Å². The molecule has 8 heteroatoms. The summed E-state index contributed by atoms with van der Waals surface area (Å²) in [4.78, 5) is 18.3. The summed E-state index contributed by atoms with van der Waals surface area (Å²) in [5, 5.41) is 11.8. The number of fused-ring (bicyclic) bond motifs is 1. The third kappa shape index (κ3) is 4.47. The summed E-state index contributed by atoms with van der Waals surface area (Å²) in [7, 11) is 0. The van der Waals surface area contributed by atoms with Crippen LogP contribution in [0.1, 0.15) is 6.42 Å². The molecule has 7 nitrogen and oxygen atoms in total. The lowest BCUT2D eigenvalue weighted by molar-refractivity contribution is -0.116. The van der Waals surface area contributed by atoms with E-state index in [1.807, 2.05) is 18.2 Å². The molecule has 1 aromatic carbocycles. The molecule has 28 heavy (non-hydrogen) atoms. The summed E-state index contributed by atoms with van der Waals surface area (Å²) in [6, 6.07) is 8.73. The van der Waals surface area contributed by atoms with Gasteiger partial charge in [0.2, 0.25) is 5.91 Å². The molecular formula is C20H20FN5O2. The third-order valence-electron chi connectivity index (χ3n) is 4.65. The number of hydrogen-bond donors (Lipinski definition) is 1. The van der Waals surface area contributed by atoms with Crippen LogP contribution in [-0.2, 0) is 9.53 Å². The van der Waals surface area contributed by atoms with Crippen molar-refractivity contribution in [1.29, 1.82) is 0 Å². The molecule has 0 atom stereocenters. The average Bonchev–Trinajstić information content (AvgIpc) is 2.72. The number of anilines is 1. The van der Waals surface area contributed by atoms with Gasteiger partial charge in [-0.15, -0.1) is 10.2 Å². The zero-order valence-corrected chi connectivity index (χ0v) is 15.3. The van der Waals surface area contributed by atoms with Crippen molar-refractivity contribution >= 4 is 22.6 Å². The van der Waals surface area contributed by atoms with E-state index in [1.54, 1.807) is 12.3 Å². The van der Waals surface area contributed by atoms with E-state index in [4.69, 9.17) is 4.74 Å². The van der Waals surface area contributed by atoms with Crippen molar-refractivity contribution in [2.75, 3.05) is 38.2 Å². The molecule has 0 unspecified atom stereocenters. The van der Waals surface area contributed by atoms with Crippen molar-refractivity contribution in [3.63, 3.8) is 0 Å². The minimum absolute atomic E-state index is 0.106. The third-order valence-corrected chi connectivity index (χ3v) is 4.65. The highest BCUT2D eigenvalue weighted by Crippen LogP contribution is 2.24. The number of hydrogen-bond acceptors (Lipinski definition) is 6. The number of halogens is 1. The van der Waals surface area contributed by atoms with E-state index in [1.165, 1.54) is 12.3 Å². The standard InChI is InChI=1S/C20H20FN5O2/c21-17-10-16(12-22-13-17)14-1-2-18-15(9-14)11-19(25-24-18)23-20(27)3-4-26-5-7-28-8-6-26/h1-2,9-13H,3-8H2,(H,23,25,27). The van der Waals surface area contributed by atoms with Crippen LogP contribution in [0.25, 0.3) is 22.0 Å². The first-order valence-electron chi connectivity index (χ1n) is 9.16. The molecule has 0 bridgehead atoms. The van der Waals surface area contributed by atoms with Crippen LogP contribution in [0.4, 0.5) is 10.2 Å². The summed E-state index contributed by atoms with van der Waals surface area (Å²) in [5.74, 6) is -0.0988. The van der Waals surface area contributed by atoms with E-state index in [0.717, 1.165) is 24.0 Å². The van der Waals surface area contributed by atoms with Crippen LogP contribution in [0.15, 0.2) is 42.7 Å². The minimum atomic E-state index is -0.390. The van der Waals surface area contributed by atoms with Crippen molar-refractivity contribution < 1.29 is 13.9 Å². The molecule has 4 rings (SSSR count). The first-order valence-corrected chi connectivity index (χ1v) is 9.16. The second kappa shape index (κ2) is 8.37. The molecule has 0 radical (unpaired) electrons. The number of amides is 1. The number of pyridine rings is 1. The number of ether oxygens (including phenoxy) is 1. The molecule has 1 aliphatic rings. The number of carbonyl (C=O) groups is 1. The molecule has 3 heterocycles. The summed E-state index contributed by atoms with van der Waals surface area (Å²) >= 11 is 0. The maximum atomic E-state index is 13.4. The Hall–Kier alpha value is -2.97. The molecule has 0 saturated carbocycles. The van der Waals surface area contributed by atoms with Gasteiger partial charge in [0.1, 0.15) is 5.82 Å². The second-order valence-corrected chi connectivity index (χ2v) is 6.65. The van der Waals surface area contributed by atoms with Crippen LogP contribution in [0.2, 0.25) is 0 Å². The van der Waals surface area contributed by atoms with Crippen molar-refractivity contribution in [2.45, 2.75) is 6.42 Å². The van der Waals surface area contributed by atoms with E-state index >= 15 is 0 Å². The van der Waals surface area contributed by atoms with E-state index in [-0.39, 0.29) is 5.91 Å². The monoisotopic (exact) mass is 381 g/mol. The fourth-order valence-corrected chi connectivity index (χ4v) is 3.15. The van der Waals surface area contributed by atoms with E-state index < -0.39 is 5.82 Å². The molecule has 2 aromatic heterocycles. The Kier molecular flexibility index (Phi) is 5.50. The van der Waals surface area contributed by atoms with Gasteiger partial charge in [0, 0.05) is 43.2 Å². The normalized spacial score (nSPS) is 14.9. The SMILES string of the molecule is O=C(CCN1CCOCC1)Nc1cc2cc(-c3cncc(F)c3)ccc2nn1. The van der Waals surface area contributed by atoms with E-state index in [2.05, 4.69) is 25.4 Å². The highest BCUT2D eigenvalue weighted by atomic mass is 19.1. The number of benzene rings is 1. The summed E-state index contributed by atoms with van der Waals surface area (Å²) in [6.07, 6.45) is 3.16. The highest BCUT2D eigenvalue weighted by Gasteiger charge is 2.13. The van der Waals surface area contributed by atoms with Crippen molar-refractivity contribution in [1.82, 2.24) is 20.1 Å². The number of aromatic nitrogens is 3. The lowest BCUT2D eigenvalue weighted by atomic mass is 10.1. The number of nitrogens with zero attached hydrogens (tertiary/aromatic N) is 4. The molecule has 3 aromatic rings. The lowest BCUT2D eigenvalue weighted by Gasteiger charge is -2.26. The molecule has 0 spiro atoms. The Labute approximate surface area is 161 Å². The summed E-state index contributed by atoms with van der Waals surface area (Å²) in [5.41, 5.74) is 2.19. The lowest BCUT2D eigenvalue weighted by Crippen LogP contribution is -2.38. The average molecular weight is 381 g/mol. The van der Waals surface area contributed by atoms with Crippen LogP contribution in [0.3, 0.4) is 0 Å². The van der Waals surface area contributed by atoms with Gasteiger partial charge in [-0.1, -0.05) is 6.07 Å². The molecule has 1 saturated heterocycles. The fourth-order valence-electron chi connectivity index (χ4n) is 3.15. The van der Waals surface area contributed by atoms with Crippen LogP contribution in [-0.4, -0.2) is 58.8 Å². The fraction of sp³-hybridized carbons (Fsp3) is 0.300. The summed E-state index contributed by atoms with van der Waals surface area (Å²) < 4.78 is 18.7. The second-order valence-electron chi connectivity index (χ2n) is 6.65. The zero-order chi connectivity index (χ0) is 19.3. The van der Waals surface area contributed by atoms with Crippen LogP contribution in [0, 0.1) is 5.82 Å². The maximum absolute atomic E-state index is 13.4. The Balaban J connectivity index is 1.46. The predicted molar refractivity (Wildman–Crippen MR) is 103 cm³/mol. The van der Waals surface area contributed by atoms with E-state index in [0.29, 0.717) is 43.1 Å². The largest absolute Gasteiger partial charge is 0.379 e. The zero-order valence-electron chi connectivity index (χ0n) is 15.3. The van der Waals surface area contributed by atoms with Gasteiger partial charge in [-0.05, 0) is 29.8 Å². The number of nitrogens with one attached hydrogen (secondary N) is 1. The highest BCUT2D eigenvalue weighted by molar-refractivity contribution is 5.92. The Morgan fingerprint density at radius 3 is 2.79 bits per heavy atom. The first kappa shape index (κ1) is 18.4. The van der Waals surface area contributed by atoms with Gasteiger partial charge in [0.05, 0.1) is 24.9 Å². The molecule has 1 N–H and O–H groups in total. The predicted octanol–water partition coefficient (Wildman–Crippen LogP) is 2.49. The molecule has 0 aliphatic carbocycles. The smallest absolute Gasteiger partial charge is 0.226 e. The summed E-state index contributed by atoms with van der Waals surface area (Å²) in [6.45, 7) is 3.80. The topological polar surface area (TPSA) is 80.2 Å². The van der Waals surface area contributed by atoms with Gasteiger partial charge in [-0.3, -0.25) is 14.7 Å². The van der Waals surface area contributed by atoms with Gasteiger partial charge in [-0.2, -0.15) is 0 Å². The first-order chi connectivity index (χ1) is 13.7. The van der Waals surface area contributed by atoms with Crippen LogP contribution >= 0.6 is 0 Å². The van der Waals surface area contributed by atoms with Gasteiger partial charge >= 0.3 is 0 Å². The Bertz CT molecular complexity index is 991. The molecule has 1 amide bonds. The van der Waals surface area contributed by atoms with Gasteiger partial charge < -0.3 is 10.1 Å². The minimum Gasteiger partial charge on any atom is -0.379 e. The Morgan fingerprint density at radius 2 is 1.96 bits per heavy atom. The number of rotatable bonds is 5. The van der Waals surface area contributed by atoms with Crippen molar-refractivity contribution in [3.05, 3.63) is 48.5 Å². The van der Waals surface area contributed by atoms with Gasteiger partial charge in [0.25, 0.3) is 0 Å². The molecule has 144 valence electrons. The molecule has 1 fully saturated rings. The van der Waals surface area contributed by atoms with E-state index in [9.17, 15) is 9.18 Å². The quantitative estimate of drug-likeness (QED) is 0.731. The number of carbonyl (C=O) groups excluding carboxylic acids is 1. The van der Waals surface area contributed by atoms with Gasteiger partial charge in [0.15, 0.2) is 5.82 Å². The van der Waals surface area contributed by atoms with Crippen LogP contribution in [0.5, 0.6) is 0 Å². The molecular weight excluding hydrogens is 361 g/mol. The Morgan fingerprint density at radius 1 is 1.11 bits per heavy atom. The van der Waals surface area contributed by atoms with Crippen LogP contribution < -0.4 is 5.32 Å². The van der Waals surface area contributed by atoms with Gasteiger partial charge in [-0.25, -0.2) is 4.39 Å². The van der Waals surface area contributed by atoms with Crippen molar-refractivity contribution in [3.8, 4) is 11.1 Å². The number of morpholine rings is 1. The molecule has 1 aliphatic heterocycles.